The van der Waals surface area contributed by atoms with Crippen molar-refractivity contribution in [3.63, 3.8) is 0 Å². The molecule has 3 rings (SSSR count). The predicted molar refractivity (Wildman–Crippen MR) is 116 cm³/mol. The van der Waals surface area contributed by atoms with Crippen LogP contribution in [0.25, 0.3) is 0 Å². The molecule has 2 unspecified atom stereocenters. The van der Waals surface area contributed by atoms with Gasteiger partial charge in [-0.3, -0.25) is 14.5 Å². The SMILES string of the molecule is CCCCC1(c2ccc(F)cc2)NC(=O)N(CC(=O)NC(C)c2ccc(Cl)cc2)C1=O. The van der Waals surface area contributed by atoms with E-state index in [1.54, 1.807) is 31.2 Å². The van der Waals surface area contributed by atoms with Crippen LogP contribution in [0.1, 0.15) is 50.3 Å². The number of carbonyl (C=O) groups is 3. The molecule has 0 aromatic heterocycles. The van der Waals surface area contributed by atoms with E-state index >= 15 is 0 Å². The second-order valence-electron chi connectivity index (χ2n) is 7.68. The highest BCUT2D eigenvalue weighted by Crippen LogP contribution is 2.34. The average Bonchev–Trinajstić information content (AvgIpc) is 2.98. The predicted octanol–water partition coefficient (Wildman–Crippen LogP) is 4.29. The van der Waals surface area contributed by atoms with Crippen LogP contribution in [0.2, 0.25) is 5.02 Å². The van der Waals surface area contributed by atoms with Crippen molar-refractivity contribution in [2.75, 3.05) is 6.54 Å². The van der Waals surface area contributed by atoms with Crippen molar-refractivity contribution in [2.45, 2.75) is 44.7 Å². The van der Waals surface area contributed by atoms with E-state index in [0.717, 1.165) is 16.9 Å². The van der Waals surface area contributed by atoms with E-state index < -0.39 is 35.7 Å². The third-order valence-electron chi connectivity index (χ3n) is 5.47. The van der Waals surface area contributed by atoms with Crippen molar-refractivity contribution < 1.29 is 18.8 Å². The minimum absolute atomic E-state index is 0.326. The summed E-state index contributed by atoms with van der Waals surface area (Å²) in [6, 6.07) is 11.6. The van der Waals surface area contributed by atoms with E-state index in [2.05, 4.69) is 10.6 Å². The molecule has 0 saturated carbocycles. The number of carbonyl (C=O) groups excluding carboxylic acids is 3. The number of hydrogen-bond donors (Lipinski definition) is 2. The summed E-state index contributed by atoms with van der Waals surface area (Å²) in [6.07, 6.45) is 1.85. The van der Waals surface area contributed by atoms with Gasteiger partial charge in [-0.2, -0.15) is 0 Å². The first-order valence-electron chi connectivity index (χ1n) is 10.2. The number of rotatable bonds is 8. The first kappa shape index (κ1) is 22.7. The number of urea groups is 1. The summed E-state index contributed by atoms with van der Waals surface area (Å²) in [5, 5.41) is 6.14. The number of halogens is 2. The van der Waals surface area contributed by atoms with Crippen molar-refractivity contribution >= 4 is 29.4 Å². The second-order valence-corrected chi connectivity index (χ2v) is 8.11. The zero-order valence-electron chi connectivity index (χ0n) is 17.5. The molecule has 1 saturated heterocycles. The number of amides is 4. The van der Waals surface area contributed by atoms with E-state index in [1.165, 1.54) is 24.3 Å². The number of benzene rings is 2. The third-order valence-corrected chi connectivity index (χ3v) is 5.72. The molecule has 2 N–H and O–H groups in total. The topological polar surface area (TPSA) is 78.5 Å². The van der Waals surface area contributed by atoms with E-state index in [9.17, 15) is 18.8 Å². The summed E-state index contributed by atoms with van der Waals surface area (Å²) in [5.41, 5.74) is 0.0415. The average molecular weight is 446 g/mol. The van der Waals surface area contributed by atoms with Crippen molar-refractivity contribution in [2.24, 2.45) is 0 Å². The highest BCUT2D eigenvalue weighted by Gasteiger charge is 2.52. The number of nitrogens with zero attached hydrogens (tertiary/aromatic N) is 1. The quantitative estimate of drug-likeness (QED) is 0.595. The molecule has 0 radical (unpaired) electrons. The molecule has 6 nitrogen and oxygen atoms in total. The van der Waals surface area contributed by atoms with Gasteiger partial charge in [0.25, 0.3) is 5.91 Å². The Morgan fingerprint density at radius 3 is 2.42 bits per heavy atom. The highest BCUT2D eigenvalue weighted by atomic mass is 35.5. The van der Waals surface area contributed by atoms with Gasteiger partial charge in [-0.25, -0.2) is 9.18 Å². The van der Waals surface area contributed by atoms with Crippen LogP contribution >= 0.6 is 11.6 Å². The van der Waals surface area contributed by atoms with Crippen molar-refractivity contribution in [1.29, 1.82) is 0 Å². The zero-order valence-corrected chi connectivity index (χ0v) is 18.2. The van der Waals surface area contributed by atoms with Gasteiger partial charge in [0.1, 0.15) is 17.9 Å². The number of unbranched alkanes of at least 4 members (excludes halogenated alkanes) is 1. The molecule has 8 heteroatoms. The third kappa shape index (κ3) is 4.88. The molecule has 164 valence electrons. The van der Waals surface area contributed by atoms with Crippen LogP contribution in [0, 0.1) is 5.82 Å². The Hall–Kier alpha value is -2.93. The Bertz CT molecular complexity index is 965. The molecule has 0 bridgehead atoms. The van der Waals surface area contributed by atoms with Crippen LogP contribution in [0.3, 0.4) is 0 Å². The van der Waals surface area contributed by atoms with Gasteiger partial charge in [0.15, 0.2) is 0 Å². The summed E-state index contributed by atoms with van der Waals surface area (Å²) in [6.45, 7) is 3.37. The molecule has 0 spiro atoms. The lowest BCUT2D eigenvalue weighted by molar-refractivity contribution is -0.135. The van der Waals surface area contributed by atoms with Gasteiger partial charge in [0.2, 0.25) is 5.91 Å². The Morgan fingerprint density at radius 2 is 1.81 bits per heavy atom. The summed E-state index contributed by atoms with van der Waals surface area (Å²) < 4.78 is 13.4. The fourth-order valence-corrected chi connectivity index (χ4v) is 3.85. The molecule has 2 aromatic rings. The molecule has 2 aromatic carbocycles. The second kappa shape index (κ2) is 9.47. The monoisotopic (exact) mass is 445 g/mol. The molecular formula is C23H25ClFN3O3. The largest absolute Gasteiger partial charge is 0.348 e. The standard InChI is InChI=1S/C23H25ClFN3O3/c1-3-4-13-23(17-7-11-19(25)12-8-17)21(30)28(22(31)27-23)14-20(29)26-15(2)16-5-9-18(24)10-6-16/h5-12,15H,3-4,13-14H2,1-2H3,(H,26,29)(H,27,31). The normalized spacial score (nSPS) is 19.3. The van der Waals surface area contributed by atoms with Crippen LogP contribution in [-0.2, 0) is 15.1 Å². The maximum absolute atomic E-state index is 13.4. The maximum atomic E-state index is 13.4. The van der Waals surface area contributed by atoms with Crippen LogP contribution < -0.4 is 10.6 Å². The molecular weight excluding hydrogens is 421 g/mol. The van der Waals surface area contributed by atoms with Gasteiger partial charge >= 0.3 is 6.03 Å². The zero-order chi connectivity index (χ0) is 22.6. The lowest BCUT2D eigenvalue weighted by Gasteiger charge is -2.27. The Balaban J connectivity index is 1.76. The molecule has 31 heavy (non-hydrogen) atoms. The van der Waals surface area contributed by atoms with E-state index in [4.69, 9.17) is 11.6 Å². The Labute approximate surface area is 185 Å². The first-order valence-corrected chi connectivity index (χ1v) is 10.6. The van der Waals surface area contributed by atoms with Crippen LogP contribution in [-0.4, -0.2) is 29.3 Å². The smallest absolute Gasteiger partial charge is 0.325 e. The number of imide groups is 1. The van der Waals surface area contributed by atoms with Gasteiger partial charge in [0.05, 0.1) is 6.04 Å². The van der Waals surface area contributed by atoms with Gasteiger partial charge in [0, 0.05) is 5.02 Å². The fourth-order valence-electron chi connectivity index (χ4n) is 3.72. The van der Waals surface area contributed by atoms with E-state index in [0.29, 0.717) is 23.4 Å². The Morgan fingerprint density at radius 1 is 1.16 bits per heavy atom. The molecule has 4 amide bonds. The van der Waals surface area contributed by atoms with Crippen LogP contribution in [0.5, 0.6) is 0 Å². The van der Waals surface area contributed by atoms with E-state index in [1.807, 2.05) is 6.92 Å². The molecule has 1 aliphatic heterocycles. The minimum atomic E-state index is -1.30. The lowest BCUT2D eigenvalue weighted by atomic mass is 9.85. The summed E-state index contributed by atoms with van der Waals surface area (Å²) in [4.78, 5) is 39.5. The minimum Gasteiger partial charge on any atom is -0.348 e. The molecule has 1 heterocycles. The van der Waals surface area contributed by atoms with Gasteiger partial charge in [-0.05, 0) is 48.7 Å². The van der Waals surface area contributed by atoms with Gasteiger partial charge in [-0.15, -0.1) is 0 Å². The summed E-state index contributed by atoms with van der Waals surface area (Å²) in [7, 11) is 0. The highest BCUT2D eigenvalue weighted by molar-refractivity contribution is 6.30. The first-order chi connectivity index (χ1) is 14.8. The van der Waals surface area contributed by atoms with Crippen molar-refractivity contribution in [1.82, 2.24) is 15.5 Å². The summed E-state index contributed by atoms with van der Waals surface area (Å²) in [5.74, 6) is -1.40. The number of hydrogen-bond acceptors (Lipinski definition) is 3. The van der Waals surface area contributed by atoms with Crippen LogP contribution in [0.15, 0.2) is 48.5 Å². The molecule has 1 aliphatic rings. The van der Waals surface area contributed by atoms with Crippen molar-refractivity contribution in [3.05, 3.63) is 70.5 Å². The van der Waals surface area contributed by atoms with Gasteiger partial charge < -0.3 is 10.6 Å². The van der Waals surface area contributed by atoms with Crippen molar-refractivity contribution in [3.8, 4) is 0 Å². The summed E-state index contributed by atoms with van der Waals surface area (Å²) >= 11 is 5.89. The fraction of sp³-hybridized carbons (Fsp3) is 0.348. The molecule has 0 aliphatic carbocycles. The lowest BCUT2D eigenvalue weighted by Crippen LogP contribution is -2.45. The Kier molecular flexibility index (Phi) is 6.95. The number of nitrogens with one attached hydrogen (secondary N) is 2. The van der Waals surface area contributed by atoms with E-state index in [-0.39, 0.29) is 6.04 Å². The van der Waals surface area contributed by atoms with Gasteiger partial charge in [-0.1, -0.05) is 55.6 Å². The maximum Gasteiger partial charge on any atom is 0.325 e. The molecule has 1 fully saturated rings. The molecule has 2 atom stereocenters. The van der Waals surface area contributed by atoms with Crippen LogP contribution in [0.4, 0.5) is 9.18 Å².